The van der Waals surface area contributed by atoms with E-state index in [0.29, 0.717) is 31.7 Å². The van der Waals surface area contributed by atoms with Crippen LogP contribution in [0.15, 0.2) is 59.8 Å². The van der Waals surface area contributed by atoms with Gasteiger partial charge in [-0.25, -0.2) is 18.1 Å². The maximum Gasteiger partial charge on any atom is 0.244 e. The van der Waals surface area contributed by atoms with Crippen molar-refractivity contribution in [3.63, 3.8) is 0 Å². The fraction of sp³-hybridized carbons (Fsp3) is 0.481. The normalized spacial score (nSPS) is 19.9. The van der Waals surface area contributed by atoms with E-state index in [9.17, 15) is 18.3 Å². The van der Waals surface area contributed by atoms with Gasteiger partial charge >= 0.3 is 0 Å². The third-order valence-corrected chi connectivity index (χ3v) is 8.77. The molecule has 0 aliphatic carbocycles. The molecule has 0 unspecified atom stereocenters. The highest BCUT2D eigenvalue weighted by Gasteiger charge is 2.31. The lowest BCUT2D eigenvalue weighted by molar-refractivity contribution is -0.136. The Balaban J connectivity index is 1.52. The summed E-state index contributed by atoms with van der Waals surface area (Å²) in [5, 5.41) is 17.8. The molecule has 216 valence electrons. The van der Waals surface area contributed by atoms with Gasteiger partial charge in [0.25, 0.3) is 0 Å². The van der Waals surface area contributed by atoms with Crippen LogP contribution < -0.4 is 4.74 Å². The molecule has 0 bridgehead atoms. The van der Waals surface area contributed by atoms with Crippen LogP contribution in [-0.4, -0.2) is 87.5 Å². The topological polar surface area (TPSA) is 140 Å². The molecule has 4 rings (SSSR count). The number of ether oxygens (including phenoxy) is 2. The molecule has 3 heterocycles. The molecular formula is C27H36N6O6S. The van der Waals surface area contributed by atoms with E-state index in [-0.39, 0.29) is 48.4 Å². The first-order valence-corrected chi connectivity index (χ1v) is 14.7. The summed E-state index contributed by atoms with van der Waals surface area (Å²) in [6.07, 6.45) is 3.18. The second kappa shape index (κ2) is 13.3. The number of carbonyl (C=O) groups is 1. The number of likely N-dealkylation sites (N-methyl/N-ethyl adjacent to an activating group) is 1. The fourth-order valence-electron chi connectivity index (χ4n) is 4.47. The molecular weight excluding hydrogens is 536 g/mol. The first-order valence-electron chi connectivity index (χ1n) is 13.2. The number of pyridine rings is 1. The monoisotopic (exact) mass is 572 g/mol. The van der Waals surface area contributed by atoms with Gasteiger partial charge in [-0.05, 0) is 31.5 Å². The first kappa shape index (κ1) is 29.6. The summed E-state index contributed by atoms with van der Waals surface area (Å²) in [4.78, 5) is 18.9. The summed E-state index contributed by atoms with van der Waals surface area (Å²) in [6, 6.07) is 11.7. The third-order valence-electron chi connectivity index (χ3n) is 6.96. The van der Waals surface area contributed by atoms with E-state index in [1.807, 2.05) is 25.1 Å². The summed E-state index contributed by atoms with van der Waals surface area (Å²) < 4.78 is 41.8. The fourth-order valence-corrected chi connectivity index (χ4v) is 5.60. The van der Waals surface area contributed by atoms with Crippen molar-refractivity contribution in [3.8, 4) is 11.6 Å². The van der Waals surface area contributed by atoms with Gasteiger partial charge in [0.1, 0.15) is 10.6 Å². The summed E-state index contributed by atoms with van der Waals surface area (Å²) in [6.45, 7) is 4.55. The van der Waals surface area contributed by atoms with E-state index in [4.69, 9.17) is 9.47 Å². The standard InChI is InChI=1S/C27H36N6O6S/c1-20-16-32(21(2)18-34)27(35)10-7-13-33-22(14-29-30-33)19-38-25(20)17-31(3)40(36,37)24-11-12-26(28-15-24)39-23-8-5-4-6-9-23/h4-6,8-9,11-12,14-15,20-21,25,34H,7,10,13,16-19H2,1-3H3/t20-,21+,25-/m0/s1. The molecule has 1 aliphatic heterocycles. The van der Waals surface area contributed by atoms with Crippen LogP contribution in [0.5, 0.6) is 11.6 Å². The van der Waals surface area contributed by atoms with Gasteiger partial charge in [-0.15, -0.1) is 5.10 Å². The van der Waals surface area contributed by atoms with Crippen LogP contribution in [0.3, 0.4) is 0 Å². The van der Waals surface area contributed by atoms with Crippen molar-refractivity contribution >= 4 is 15.9 Å². The number of para-hydroxylation sites is 1. The predicted octanol–water partition coefficient (Wildman–Crippen LogP) is 2.31. The Morgan fingerprint density at radius 2 is 1.98 bits per heavy atom. The van der Waals surface area contributed by atoms with Gasteiger partial charge in [0, 0.05) is 45.1 Å². The van der Waals surface area contributed by atoms with Gasteiger partial charge in [0.15, 0.2) is 0 Å². The molecule has 0 radical (unpaired) electrons. The maximum atomic E-state index is 13.5. The molecule has 0 saturated carbocycles. The van der Waals surface area contributed by atoms with Gasteiger partial charge in [0.2, 0.25) is 21.8 Å². The Morgan fingerprint density at radius 1 is 1.20 bits per heavy atom. The summed E-state index contributed by atoms with van der Waals surface area (Å²) in [5.74, 6) is 0.534. The Bertz CT molecular complexity index is 1350. The molecule has 1 amide bonds. The summed E-state index contributed by atoms with van der Waals surface area (Å²) in [7, 11) is -2.42. The van der Waals surface area contributed by atoms with Gasteiger partial charge in [-0.2, -0.15) is 4.31 Å². The molecule has 0 fully saturated rings. The highest BCUT2D eigenvalue weighted by atomic mass is 32.2. The number of benzene rings is 1. The van der Waals surface area contributed by atoms with Crippen LogP contribution in [0.2, 0.25) is 0 Å². The quantitative estimate of drug-likeness (QED) is 0.431. The highest BCUT2D eigenvalue weighted by molar-refractivity contribution is 7.89. The lowest BCUT2D eigenvalue weighted by atomic mass is 10.0. The molecule has 1 aliphatic rings. The maximum absolute atomic E-state index is 13.5. The van der Waals surface area contributed by atoms with Gasteiger partial charge in [0.05, 0.1) is 43.4 Å². The first-order chi connectivity index (χ1) is 19.2. The van der Waals surface area contributed by atoms with Crippen molar-refractivity contribution in [1.82, 2.24) is 29.2 Å². The van der Waals surface area contributed by atoms with Gasteiger partial charge in [-0.3, -0.25) is 4.79 Å². The number of hydrogen-bond donors (Lipinski definition) is 1. The van der Waals surface area contributed by atoms with Crippen molar-refractivity contribution in [2.45, 2.75) is 56.9 Å². The number of hydrogen-bond acceptors (Lipinski definition) is 9. The minimum absolute atomic E-state index is 0.0178. The Labute approximate surface area is 234 Å². The summed E-state index contributed by atoms with van der Waals surface area (Å²) >= 11 is 0. The van der Waals surface area contributed by atoms with Crippen LogP contribution in [0.1, 0.15) is 32.4 Å². The molecule has 1 N–H and O–H groups in total. The van der Waals surface area contributed by atoms with E-state index in [2.05, 4.69) is 15.3 Å². The van der Waals surface area contributed by atoms with E-state index < -0.39 is 16.1 Å². The van der Waals surface area contributed by atoms with Crippen molar-refractivity contribution in [1.29, 1.82) is 0 Å². The van der Waals surface area contributed by atoms with Gasteiger partial charge in [-0.1, -0.05) is 30.3 Å². The SMILES string of the molecule is C[C@H](CO)N1C[C@H](C)[C@H](CN(C)S(=O)(=O)c2ccc(Oc3ccccc3)nc2)OCc2cnnn2CCCC1=O. The molecule has 2 aromatic heterocycles. The van der Waals surface area contributed by atoms with E-state index in [1.165, 1.54) is 29.7 Å². The number of fused-ring (bicyclic) bond motifs is 1. The number of aliphatic hydroxyl groups excluding tert-OH is 1. The molecule has 13 heteroatoms. The number of rotatable bonds is 8. The van der Waals surface area contributed by atoms with Crippen molar-refractivity contribution in [3.05, 3.63) is 60.6 Å². The van der Waals surface area contributed by atoms with E-state index in [1.54, 1.807) is 34.8 Å². The van der Waals surface area contributed by atoms with Crippen LogP contribution in [0, 0.1) is 5.92 Å². The number of sulfonamides is 1. The molecule has 3 atom stereocenters. The second-order valence-corrected chi connectivity index (χ2v) is 12.0. The molecule has 0 saturated heterocycles. The highest BCUT2D eigenvalue weighted by Crippen LogP contribution is 2.23. The number of aryl methyl sites for hydroxylation is 1. The molecule has 3 aromatic rings. The van der Waals surface area contributed by atoms with Gasteiger partial charge < -0.3 is 19.5 Å². The summed E-state index contributed by atoms with van der Waals surface area (Å²) in [5.41, 5.74) is 0.745. The number of aromatic nitrogens is 4. The average Bonchev–Trinajstić information content (AvgIpc) is 3.40. The number of nitrogens with zero attached hydrogens (tertiary/aromatic N) is 6. The number of amides is 1. The van der Waals surface area contributed by atoms with Crippen LogP contribution in [0.25, 0.3) is 0 Å². The van der Waals surface area contributed by atoms with Crippen LogP contribution >= 0.6 is 0 Å². The lowest BCUT2D eigenvalue weighted by Gasteiger charge is -2.35. The zero-order valence-corrected chi connectivity index (χ0v) is 23.8. The minimum Gasteiger partial charge on any atom is -0.439 e. The zero-order valence-electron chi connectivity index (χ0n) is 23.0. The van der Waals surface area contributed by atoms with Crippen molar-refractivity contribution in [2.24, 2.45) is 5.92 Å². The second-order valence-electron chi connectivity index (χ2n) is 9.99. The zero-order chi connectivity index (χ0) is 28.7. The van der Waals surface area contributed by atoms with Crippen LogP contribution in [0.4, 0.5) is 0 Å². The molecule has 12 nitrogen and oxygen atoms in total. The molecule has 0 spiro atoms. The largest absolute Gasteiger partial charge is 0.439 e. The Hall–Kier alpha value is -3.39. The van der Waals surface area contributed by atoms with Crippen molar-refractivity contribution in [2.75, 3.05) is 26.7 Å². The van der Waals surface area contributed by atoms with Crippen molar-refractivity contribution < 1.29 is 27.8 Å². The molecule has 40 heavy (non-hydrogen) atoms. The Kier molecular flexibility index (Phi) is 9.85. The minimum atomic E-state index is -3.91. The number of carbonyl (C=O) groups excluding carboxylic acids is 1. The third kappa shape index (κ3) is 7.22. The average molecular weight is 573 g/mol. The smallest absolute Gasteiger partial charge is 0.244 e. The molecule has 1 aromatic carbocycles. The lowest BCUT2D eigenvalue weighted by Crippen LogP contribution is -2.47. The number of aliphatic hydroxyl groups is 1. The van der Waals surface area contributed by atoms with E-state index in [0.717, 1.165) is 5.69 Å². The predicted molar refractivity (Wildman–Crippen MR) is 146 cm³/mol. The van der Waals surface area contributed by atoms with Crippen LogP contribution in [-0.2, 0) is 32.7 Å². The Morgan fingerprint density at radius 3 is 2.67 bits per heavy atom. The van der Waals surface area contributed by atoms with E-state index >= 15 is 0 Å².